The van der Waals surface area contributed by atoms with Gasteiger partial charge in [-0.25, -0.2) is 0 Å². The van der Waals surface area contributed by atoms with Gasteiger partial charge in [0.1, 0.15) is 0 Å². The minimum Gasteiger partial charge on any atom is -0.349 e. The maximum absolute atomic E-state index is 12.3. The van der Waals surface area contributed by atoms with Gasteiger partial charge in [-0.1, -0.05) is 26.7 Å². The molecule has 0 saturated heterocycles. The Bertz CT molecular complexity index is 271. The predicted molar refractivity (Wildman–Crippen MR) is 76.7 cm³/mol. The van der Waals surface area contributed by atoms with E-state index in [2.05, 4.69) is 19.2 Å². The van der Waals surface area contributed by atoms with E-state index in [4.69, 9.17) is 5.73 Å². The molecule has 0 aromatic heterocycles. The van der Waals surface area contributed by atoms with E-state index in [9.17, 15) is 4.79 Å². The van der Waals surface area contributed by atoms with E-state index in [-0.39, 0.29) is 23.9 Å². The molecule has 1 amide bonds. The third-order valence-electron chi connectivity index (χ3n) is 5.09. The van der Waals surface area contributed by atoms with Crippen LogP contribution in [-0.4, -0.2) is 18.0 Å². The zero-order valence-electron chi connectivity index (χ0n) is 11.6. The highest BCUT2D eigenvalue weighted by atomic mass is 35.5. The van der Waals surface area contributed by atoms with E-state index < -0.39 is 0 Å². The SMILES string of the molecule is CCC(CC)(CN)NC(=O)C1C2CCCCC21.Cl. The van der Waals surface area contributed by atoms with Gasteiger partial charge in [0, 0.05) is 12.5 Å². The van der Waals surface area contributed by atoms with Crippen molar-refractivity contribution in [1.29, 1.82) is 0 Å². The Morgan fingerprint density at radius 2 is 1.72 bits per heavy atom. The molecule has 2 saturated carbocycles. The standard InChI is InChI=1S/C14H26N2O.ClH/c1-3-14(4-2,9-15)16-13(17)12-10-7-5-6-8-11(10)12;/h10-12H,3-9,15H2,1-2H3,(H,16,17);1H. The van der Waals surface area contributed by atoms with Crippen molar-refractivity contribution in [1.82, 2.24) is 5.32 Å². The molecule has 0 spiro atoms. The van der Waals surface area contributed by atoms with Crippen LogP contribution in [0.5, 0.6) is 0 Å². The number of fused-ring (bicyclic) bond motifs is 1. The molecule has 3 N–H and O–H groups in total. The number of hydrogen-bond acceptors (Lipinski definition) is 2. The van der Waals surface area contributed by atoms with Crippen LogP contribution in [0.1, 0.15) is 52.4 Å². The average molecular weight is 275 g/mol. The maximum atomic E-state index is 12.3. The van der Waals surface area contributed by atoms with Crippen LogP contribution in [0.3, 0.4) is 0 Å². The number of rotatable bonds is 5. The quantitative estimate of drug-likeness (QED) is 0.809. The van der Waals surface area contributed by atoms with Gasteiger partial charge in [0.25, 0.3) is 0 Å². The Kier molecular flexibility index (Phi) is 5.47. The molecule has 0 aromatic rings. The van der Waals surface area contributed by atoms with Gasteiger partial charge < -0.3 is 11.1 Å². The Balaban J connectivity index is 0.00000162. The first-order valence-electron chi connectivity index (χ1n) is 7.19. The molecule has 2 unspecified atom stereocenters. The zero-order chi connectivity index (χ0) is 12.5. The lowest BCUT2D eigenvalue weighted by molar-refractivity contribution is -0.124. The van der Waals surface area contributed by atoms with Crippen LogP contribution in [0, 0.1) is 17.8 Å². The van der Waals surface area contributed by atoms with Crippen molar-refractivity contribution in [3.63, 3.8) is 0 Å². The molecule has 2 aliphatic rings. The maximum Gasteiger partial charge on any atom is 0.224 e. The van der Waals surface area contributed by atoms with Gasteiger partial charge in [0.15, 0.2) is 0 Å². The van der Waals surface area contributed by atoms with Gasteiger partial charge in [-0.05, 0) is 37.5 Å². The summed E-state index contributed by atoms with van der Waals surface area (Å²) < 4.78 is 0. The molecule has 2 rings (SSSR count). The second-order valence-electron chi connectivity index (χ2n) is 5.82. The van der Waals surface area contributed by atoms with Gasteiger partial charge in [0.05, 0.1) is 5.54 Å². The molecule has 3 nitrogen and oxygen atoms in total. The second-order valence-corrected chi connectivity index (χ2v) is 5.82. The van der Waals surface area contributed by atoms with Crippen LogP contribution < -0.4 is 11.1 Å². The highest BCUT2D eigenvalue weighted by Crippen LogP contribution is 2.55. The van der Waals surface area contributed by atoms with Gasteiger partial charge in [0.2, 0.25) is 5.91 Å². The van der Waals surface area contributed by atoms with Crippen LogP contribution in [0.2, 0.25) is 0 Å². The first kappa shape index (κ1) is 15.8. The number of nitrogens with two attached hydrogens (primary N) is 1. The number of amides is 1. The third kappa shape index (κ3) is 2.83. The van der Waals surface area contributed by atoms with E-state index in [1.165, 1.54) is 25.7 Å². The molecule has 2 atom stereocenters. The third-order valence-corrected chi connectivity index (χ3v) is 5.09. The minimum atomic E-state index is -0.164. The smallest absolute Gasteiger partial charge is 0.224 e. The van der Waals surface area contributed by atoms with Crippen molar-refractivity contribution in [2.24, 2.45) is 23.5 Å². The zero-order valence-corrected chi connectivity index (χ0v) is 12.4. The fourth-order valence-electron chi connectivity index (χ4n) is 3.49. The van der Waals surface area contributed by atoms with E-state index in [1.807, 2.05) is 0 Å². The Morgan fingerprint density at radius 3 is 2.11 bits per heavy atom. The fourth-order valence-corrected chi connectivity index (χ4v) is 3.49. The van der Waals surface area contributed by atoms with Crippen molar-refractivity contribution in [3.05, 3.63) is 0 Å². The molecule has 0 aliphatic heterocycles. The van der Waals surface area contributed by atoms with Crippen molar-refractivity contribution in [2.45, 2.75) is 57.9 Å². The van der Waals surface area contributed by atoms with E-state index in [0.29, 0.717) is 24.3 Å². The number of carbonyl (C=O) groups excluding carboxylic acids is 1. The monoisotopic (exact) mass is 274 g/mol. The van der Waals surface area contributed by atoms with Crippen LogP contribution in [0.4, 0.5) is 0 Å². The van der Waals surface area contributed by atoms with Crippen LogP contribution >= 0.6 is 12.4 Å². The Labute approximate surface area is 117 Å². The predicted octanol–water partition coefficient (Wildman–Crippen LogP) is 2.48. The number of carbonyl (C=O) groups is 1. The number of hydrogen-bond donors (Lipinski definition) is 2. The molecule has 0 bridgehead atoms. The normalized spacial score (nSPS) is 30.1. The molecule has 4 heteroatoms. The summed E-state index contributed by atoms with van der Waals surface area (Å²) in [5.74, 6) is 1.96. The lowest BCUT2D eigenvalue weighted by atomic mass is 9.92. The first-order chi connectivity index (χ1) is 8.17. The summed E-state index contributed by atoms with van der Waals surface area (Å²) in [6.45, 7) is 4.76. The highest BCUT2D eigenvalue weighted by Gasteiger charge is 2.55. The summed E-state index contributed by atoms with van der Waals surface area (Å²) in [5, 5.41) is 3.23. The molecule has 0 aromatic carbocycles. The van der Waals surface area contributed by atoms with Gasteiger partial charge in [-0.3, -0.25) is 4.79 Å². The summed E-state index contributed by atoms with van der Waals surface area (Å²) in [5.41, 5.74) is 5.67. The van der Waals surface area contributed by atoms with Gasteiger partial charge >= 0.3 is 0 Å². The average Bonchev–Trinajstić information content (AvgIpc) is 3.10. The summed E-state index contributed by atoms with van der Waals surface area (Å²) >= 11 is 0. The molecule has 0 heterocycles. The lowest BCUT2D eigenvalue weighted by Crippen LogP contribution is -2.53. The minimum absolute atomic E-state index is 0. The van der Waals surface area contributed by atoms with Crippen LogP contribution in [0.25, 0.3) is 0 Å². The van der Waals surface area contributed by atoms with Crippen molar-refractivity contribution >= 4 is 18.3 Å². The molecule has 106 valence electrons. The van der Waals surface area contributed by atoms with Crippen molar-refractivity contribution in [2.75, 3.05) is 6.54 Å². The van der Waals surface area contributed by atoms with Crippen LogP contribution in [-0.2, 0) is 4.79 Å². The summed E-state index contributed by atoms with van der Waals surface area (Å²) in [7, 11) is 0. The van der Waals surface area contributed by atoms with Crippen LogP contribution in [0.15, 0.2) is 0 Å². The van der Waals surface area contributed by atoms with Crippen molar-refractivity contribution < 1.29 is 4.79 Å². The molecule has 2 fully saturated rings. The van der Waals surface area contributed by atoms with Gasteiger partial charge in [-0.15, -0.1) is 12.4 Å². The second kappa shape index (κ2) is 6.25. The Morgan fingerprint density at radius 1 is 1.22 bits per heavy atom. The summed E-state index contributed by atoms with van der Waals surface area (Å²) in [6, 6.07) is 0. The van der Waals surface area contributed by atoms with E-state index in [1.54, 1.807) is 0 Å². The molecule has 2 aliphatic carbocycles. The number of halogens is 1. The first-order valence-corrected chi connectivity index (χ1v) is 7.19. The largest absolute Gasteiger partial charge is 0.349 e. The van der Waals surface area contributed by atoms with Gasteiger partial charge in [-0.2, -0.15) is 0 Å². The highest BCUT2D eigenvalue weighted by molar-refractivity contribution is 5.85. The molecular weight excluding hydrogens is 248 g/mol. The van der Waals surface area contributed by atoms with E-state index in [0.717, 1.165) is 12.8 Å². The summed E-state index contributed by atoms with van der Waals surface area (Å²) in [6.07, 6.45) is 7.00. The molecule has 0 radical (unpaired) electrons. The topological polar surface area (TPSA) is 55.1 Å². The molecular formula is C14H27ClN2O. The lowest BCUT2D eigenvalue weighted by Gasteiger charge is -2.31. The summed E-state index contributed by atoms with van der Waals surface area (Å²) in [4.78, 5) is 12.3. The van der Waals surface area contributed by atoms with E-state index >= 15 is 0 Å². The van der Waals surface area contributed by atoms with Crippen molar-refractivity contribution in [3.8, 4) is 0 Å². The molecule has 18 heavy (non-hydrogen) atoms. The number of nitrogens with one attached hydrogen (secondary N) is 1. The fraction of sp³-hybridized carbons (Fsp3) is 0.929. The Hall–Kier alpha value is -0.280.